The number of halogens is 1. The summed E-state index contributed by atoms with van der Waals surface area (Å²) in [5.74, 6) is 1.87. The number of rotatable bonds is 5. The van der Waals surface area contributed by atoms with E-state index in [0.717, 1.165) is 18.8 Å². The Labute approximate surface area is 131 Å². The van der Waals surface area contributed by atoms with Crippen LogP contribution in [0.3, 0.4) is 0 Å². The van der Waals surface area contributed by atoms with Gasteiger partial charge in [0.05, 0.1) is 25.9 Å². The molecule has 6 heteroatoms. The van der Waals surface area contributed by atoms with Crippen molar-refractivity contribution in [1.82, 2.24) is 9.88 Å². The van der Waals surface area contributed by atoms with Crippen LogP contribution in [0.1, 0.15) is 19.5 Å². The molecule has 1 aromatic heterocycles. The predicted octanol–water partition coefficient (Wildman–Crippen LogP) is 2.32. The van der Waals surface area contributed by atoms with Gasteiger partial charge in [-0.25, -0.2) is 0 Å². The molecule has 2 heterocycles. The lowest BCUT2D eigenvalue weighted by molar-refractivity contribution is -0.129. The van der Waals surface area contributed by atoms with Crippen molar-refractivity contribution in [3.8, 4) is 11.5 Å². The van der Waals surface area contributed by atoms with Crippen LogP contribution in [0.15, 0.2) is 12.3 Å². The standard InChI is InChI=1S/C15H23ClN2O3/c1-15(2)10-18(8-11(7-16)21-15)9-12-14(20-4)13(19-3)5-6-17-12/h5-6,11H,7-10H2,1-4H3. The zero-order chi connectivity index (χ0) is 15.5. The third-order valence-corrected chi connectivity index (χ3v) is 3.81. The van der Waals surface area contributed by atoms with E-state index in [-0.39, 0.29) is 11.7 Å². The van der Waals surface area contributed by atoms with Gasteiger partial charge in [0.25, 0.3) is 0 Å². The normalized spacial score (nSPS) is 22.0. The Bertz CT molecular complexity index is 482. The van der Waals surface area contributed by atoms with E-state index in [0.29, 0.717) is 23.9 Å². The largest absolute Gasteiger partial charge is 0.493 e. The maximum atomic E-state index is 5.97. The summed E-state index contributed by atoms with van der Waals surface area (Å²) in [6.45, 7) is 6.45. The van der Waals surface area contributed by atoms with Crippen LogP contribution in [0, 0.1) is 0 Å². The Hall–Kier alpha value is -1.04. The maximum Gasteiger partial charge on any atom is 0.183 e. The Morgan fingerprint density at radius 2 is 2.19 bits per heavy atom. The summed E-state index contributed by atoms with van der Waals surface area (Å²) in [6.07, 6.45) is 1.77. The van der Waals surface area contributed by atoms with Gasteiger partial charge in [-0.15, -0.1) is 11.6 Å². The molecule has 1 aromatic rings. The first kappa shape index (κ1) is 16.3. The quantitative estimate of drug-likeness (QED) is 0.780. The predicted molar refractivity (Wildman–Crippen MR) is 82.3 cm³/mol. The Morgan fingerprint density at radius 1 is 1.43 bits per heavy atom. The number of ether oxygens (including phenoxy) is 3. The van der Waals surface area contributed by atoms with Crippen LogP contribution < -0.4 is 9.47 Å². The molecule has 1 fully saturated rings. The highest BCUT2D eigenvalue weighted by Crippen LogP contribution is 2.31. The SMILES string of the molecule is COc1ccnc(CN2CC(CCl)OC(C)(C)C2)c1OC. The van der Waals surface area contributed by atoms with Crippen molar-refractivity contribution < 1.29 is 14.2 Å². The molecule has 1 saturated heterocycles. The van der Waals surface area contributed by atoms with E-state index < -0.39 is 0 Å². The molecule has 0 bridgehead atoms. The van der Waals surface area contributed by atoms with Gasteiger partial charge in [-0.3, -0.25) is 9.88 Å². The highest BCUT2D eigenvalue weighted by molar-refractivity contribution is 6.18. The number of alkyl halides is 1. The number of methoxy groups -OCH3 is 2. The molecule has 1 atom stereocenters. The third kappa shape index (κ3) is 3.99. The van der Waals surface area contributed by atoms with Crippen LogP contribution in [-0.2, 0) is 11.3 Å². The van der Waals surface area contributed by atoms with E-state index in [1.54, 1.807) is 26.5 Å². The number of morpholine rings is 1. The molecule has 0 saturated carbocycles. The summed E-state index contributed by atoms with van der Waals surface area (Å²) >= 11 is 5.97. The molecule has 5 nitrogen and oxygen atoms in total. The molecule has 21 heavy (non-hydrogen) atoms. The molecule has 118 valence electrons. The van der Waals surface area contributed by atoms with E-state index >= 15 is 0 Å². The highest BCUT2D eigenvalue weighted by Gasteiger charge is 2.33. The van der Waals surface area contributed by atoms with Crippen LogP contribution >= 0.6 is 11.6 Å². The second kappa shape index (κ2) is 6.81. The minimum Gasteiger partial charge on any atom is -0.493 e. The first-order valence-electron chi connectivity index (χ1n) is 7.01. The van der Waals surface area contributed by atoms with Crippen molar-refractivity contribution in [3.05, 3.63) is 18.0 Å². The van der Waals surface area contributed by atoms with E-state index in [1.807, 2.05) is 0 Å². The average Bonchev–Trinajstić information content (AvgIpc) is 2.45. The topological polar surface area (TPSA) is 43.8 Å². The van der Waals surface area contributed by atoms with Crippen LogP contribution in [0.25, 0.3) is 0 Å². The van der Waals surface area contributed by atoms with E-state index in [4.69, 9.17) is 25.8 Å². The monoisotopic (exact) mass is 314 g/mol. The fraction of sp³-hybridized carbons (Fsp3) is 0.667. The minimum atomic E-state index is -0.218. The van der Waals surface area contributed by atoms with Crippen molar-refractivity contribution >= 4 is 11.6 Å². The van der Waals surface area contributed by atoms with E-state index in [2.05, 4.69) is 23.7 Å². The highest BCUT2D eigenvalue weighted by atomic mass is 35.5. The first-order chi connectivity index (χ1) is 9.99. The summed E-state index contributed by atoms with van der Waals surface area (Å²) in [5.41, 5.74) is 0.645. The summed E-state index contributed by atoms with van der Waals surface area (Å²) < 4.78 is 16.7. The Kier molecular flexibility index (Phi) is 5.30. The third-order valence-electron chi connectivity index (χ3n) is 3.46. The lowest BCUT2D eigenvalue weighted by atomic mass is 10.1. The maximum absolute atomic E-state index is 5.97. The van der Waals surface area contributed by atoms with Gasteiger partial charge in [0.15, 0.2) is 11.5 Å². The Balaban J connectivity index is 2.17. The van der Waals surface area contributed by atoms with Crippen molar-refractivity contribution in [1.29, 1.82) is 0 Å². The molecule has 0 spiro atoms. The summed E-state index contributed by atoms with van der Waals surface area (Å²) in [5, 5.41) is 0. The lowest BCUT2D eigenvalue weighted by Gasteiger charge is -2.42. The van der Waals surface area contributed by atoms with Crippen LogP contribution in [0.2, 0.25) is 0 Å². The molecule has 1 aliphatic heterocycles. The van der Waals surface area contributed by atoms with Crippen LogP contribution in [0.4, 0.5) is 0 Å². The molecule has 1 unspecified atom stereocenters. The van der Waals surface area contributed by atoms with Gasteiger partial charge >= 0.3 is 0 Å². The molecule has 0 amide bonds. The molecular formula is C15H23ClN2O3. The number of hydrogen-bond acceptors (Lipinski definition) is 5. The molecule has 0 radical (unpaired) electrons. The van der Waals surface area contributed by atoms with Crippen molar-refractivity contribution in [3.63, 3.8) is 0 Å². The van der Waals surface area contributed by atoms with Crippen molar-refractivity contribution in [2.75, 3.05) is 33.2 Å². The fourth-order valence-electron chi connectivity index (χ4n) is 2.79. The molecule has 0 aliphatic carbocycles. The molecule has 0 N–H and O–H groups in total. The second-order valence-corrected chi connectivity index (χ2v) is 6.13. The summed E-state index contributed by atoms with van der Waals surface area (Å²) in [7, 11) is 3.26. The van der Waals surface area contributed by atoms with Gasteiger partial charge in [-0.2, -0.15) is 0 Å². The number of nitrogens with zero attached hydrogens (tertiary/aromatic N) is 2. The van der Waals surface area contributed by atoms with Gasteiger partial charge in [0.2, 0.25) is 0 Å². The number of pyridine rings is 1. The molecule has 2 rings (SSSR count). The second-order valence-electron chi connectivity index (χ2n) is 5.82. The first-order valence-corrected chi connectivity index (χ1v) is 7.54. The lowest BCUT2D eigenvalue weighted by Crippen LogP contribution is -2.52. The number of aromatic nitrogens is 1. The molecule has 0 aromatic carbocycles. The van der Waals surface area contributed by atoms with Crippen molar-refractivity contribution in [2.24, 2.45) is 0 Å². The molecular weight excluding hydrogens is 292 g/mol. The smallest absolute Gasteiger partial charge is 0.183 e. The number of hydrogen-bond donors (Lipinski definition) is 0. The van der Waals surface area contributed by atoms with E-state index in [9.17, 15) is 0 Å². The van der Waals surface area contributed by atoms with Gasteiger partial charge < -0.3 is 14.2 Å². The zero-order valence-corrected chi connectivity index (χ0v) is 13.8. The minimum absolute atomic E-state index is 0.0343. The summed E-state index contributed by atoms with van der Waals surface area (Å²) in [6, 6.07) is 1.80. The average molecular weight is 315 g/mol. The van der Waals surface area contributed by atoms with Crippen LogP contribution in [0.5, 0.6) is 11.5 Å². The van der Waals surface area contributed by atoms with Gasteiger partial charge in [-0.1, -0.05) is 0 Å². The zero-order valence-electron chi connectivity index (χ0n) is 13.1. The van der Waals surface area contributed by atoms with Crippen LogP contribution in [-0.4, -0.2) is 54.8 Å². The van der Waals surface area contributed by atoms with Crippen molar-refractivity contribution in [2.45, 2.75) is 32.1 Å². The van der Waals surface area contributed by atoms with Gasteiger partial charge in [0.1, 0.15) is 5.69 Å². The van der Waals surface area contributed by atoms with Gasteiger partial charge in [0, 0.05) is 37.8 Å². The van der Waals surface area contributed by atoms with E-state index in [1.165, 1.54) is 0 Å². The van der Waals surface area contributed by atoms with Gasteiger partial charge in [-0.05, 0) is 13.8 Å². The summed E-state index contributed by atoms with van der Waals surface area (Å²) in [4.78, 5) is 6.72. The fourth-order valence-corrected chi connectivity index (χ4v) is 2.95. The Morgan fingerprint density at radius 3 is 2.81 bits per heavy atom. The molecule has 1 aliphatic rings.